The average molecular weight is 360 g/mol. The van der Waals surface area contributed by atoms with E-state index in [1.54, 1.807) is 18.5 Å². The number of ether oxygens (including phenoxy) is 1. The lowest BCUT2D eigenvalue weighted by molar-refractivity contribution is 0.0564. The lowest BCUT2D eigenvalue weighted by atomic mass is 10.1. The van der Waals surface area contributed by atoms with Gasteiger partial charge in [-0.15, -0.1) is 0 Å². The van der Waals surface area contributed by atoms with Crippen molar-refractivity contribution in [3.05, 3.63) is 36.5 Å². The molecule has 0 unspecified atom stereocenters. The predicted octanol–water partition coefficient (Wildman–Crippen LogP) is 2.20. The van der Waals surface area contributed by atoms with Gasteiger partial charge in [0, 0.05) is 37.8 Å². The molecular formula is C18H20N6O2. The Morgan fingerprint density at radius 1 is 1.15 bits per heavy atom. The van der Waals surface area contributed by atoms with Gasteiger partial charge in [0.1, 0.15) is 11.6 Å². The van der Waals surface area contributed by atoms with Crippen molar-refractivity contribution in [1.82, 2.24) is 24.4 Å². The maximum atomic E-state index is 12.9. The number of amides is 2. The van der Waals surface area contributed by atoms with Crippen LogP contribution in [0, 0.1) is 6.92 Å². The fourth-order valence-corrected chi connectivity index (χ4v) is 2.44. The van der Waals surface area contributed by atoms with E-state index in [0.717, 1.165) is 11.5 Å². The van der Waals surface area contributed by atoms with Crippen LogP contribution in [0.4, 0.5) is 10.6 Å². The SMILES string of the molecule is [2H]C1([2H])OC([2H])([2H])C([2H])([2H])N(C(=O)Nc2cc3cc(-c4cnc(C)n4C)ncc3cn2)C1([2H])[2H]. The molecule has 0 aliphatic carbocycles. The zero-order valence-corrected chi connectivity index (χ0v) is 13.9. The van der Waals surface area contributed by atoms with Gasteiger partial charge in [0.25, 0.3) is 0 Å². The summed E-state index contributed by atoms with van der Waals surface area (Å²) in [5, 5.41) is 3.47. The van der Waals surface area contributed by atoms with E-state index in [4.69, 9.17) is 11.0 Å². The monoisotopic (exact) mass is 360 g/mol. The maximum absolute atomic E-state index is 12.9. The Kier molecular flexibility index (Phi) is 2.49. The van der Waals surface area contributed by atoms with E-state index in [1.807, 2.05) is 18.5 Å². The second kappa shape index (κ2) is 6.72. The van der Waals surface area contributed by atoms with Crippen molar-refractivity contribution in [2.24, 2.45) is 7.05 Å². The summed E-state index contributed by atoms with van der Waals surface area (Å²) in [6, 6.07) is 1.75. The van der Waals surface area contributed by atoms with Crippen LogP contribution in [0.3, 0.4) is 0 Å². The van der Waals surface area contributed by atoms with Gasteiger partial charge in [-0.2, -0.15) is 0 Å². The fourth-order valence-electron chi connectivity index (χ4n) is 2.44. The van der Waals surface area contributed by atoms with E-state index < -0.39 is 32.1 Å². The van der Waals surface area contributed by atoms with E-state index in [-0.39, 0.29) is 10.7 Å². The Morgan fingerprint density at radius 2 is 1.92 bits per heavy atom. The van der Waals surface area contributed by atoms with Gasteiger partial charge < -0.3 is 14.2 Å². The molecule has 4 rings (SSSR count). The van der Waals surface area contributed by atoms with Crippen molar-refractivity contribution in [3.63, 3.8) is 0 Å². The zero-order chi connectivity index (χ0) is 25.3. The smallest absolute Gasteiger partial charge is 0.323 e. The molecule has 4 heterocycles. The number of hydrogen-bond donors (Lipinski definition) is 1. The van der Waals surface area contributed by atoms with Crippen LogP contribution in [-0.4, -0.2) is 56.6 Å². The highest BCUT2D eigenvalue weighted by Gasteiger charge is 2.17. The Hall–Kier alpha value is -3.00. The van der Waals surface area contributed by atoms with E-state index >= 15 is 0 Å². The number of nitrogens with zero attached hydrogens (tertiary/aromatic N) is 5. The average Bonchev–Trinajstić information content (AvgIpc) is 3.03. The number of pyridine rings is 2. The number of rotatable bonds is 2. The van der Waals surface area contributed by atoms with Gasteiger partial charge in [-0.05, 0) is 24.4 Å². The van der Waals surface area contributed by atoms with Crippen LogP contribution in [0.15, 0.2) is 30.7 Å². The number of urea groups is 1. The highest BCUT2D eigenvalue weighted by Crippen LogP contribution is 2.23. The molecule has 0 atom stereocenters. The fraction of sp³-hybridized carbons (Fsp3) is 0.333. The molecule has 1 fully saturated rings. The van der Waals surface area contributed by atoms with Gasteiger partial charge in [0.05, 0.1) is 41.7 Å². The van der Waals surface area contributed by atoms with E-state index in [2.05, 4.69) is 25.0 Å². The van der Waals surface area contributed by atoms with Crippen molar-refractivity contribution in [1.29, 1.82) is 0 Å². The molecule has 8 heteroatoms. The first-order valence-corrected chi connectivity index (χ1v) is 7.64. The summed E-state index contributed by atoms with van der Waals surface area (Å²) in [5.74, 6) is 0.698. The van der Waals surface area contributed by atoms with Crippen molar-refractivity contribution in [3.8, 4) is 11.4 Å². The van der Waals surface area contributed by atoms with E-state index in [1.165, 1.54) is 12.3 Å². The van der Waals surface area contributed by atoms with Crippen LogP contribution >= 0.6 is 0 Å². The minimum absolute atomic E-state index is 0.0879. The molecule has 26 heavy (non-hydrogen) atoms. The molecule has 2 amide bonds. The second-order valence-electron chi connectivity index (χ2n) is 5.53. The van der Waals surface area contributed by atoms with Gasteiger partial charge in [0.15, 0.2) is 0 Å². The number of fused-ring (bicyclic) bond motifs is 1. The molecule has 3 aromatic heterocycles. The first kappa shape index (κ1) is 9.63. The summed E-state index contributed by atoms with van der Waals surface area (Å²) >= 11 is 0. The Balaban J connectivity index is 1.70. The normalized spacial score (nSPS) is 26.9. The van der Waals surface area contributed by atoms with Crippen LogP contribution in [0.25, 0.3) is 22.2 Å². The van der Waals surface area contributed by atoms with Crippen LogP contribution in [0.2, 0.25) is 0 Å². The molecule has 0 spiro atoms. The molecule has 0 saturated carbocycles. The number of carbonyl (C=O) groups excluding carboxylic acids is 1. The molecule has 8 nitrogen and oxygen atoms in total. The number of morpholine rings is 1. The molecule has 3 aromatic rings. The number of nitrogens with one attached hydrogen (secondary N) is 1. The van der Waals surface area contributed by atoms with Crippen molar-refractivity contribution >= 4 is 22.6 Å². The van der Waals surface area contributed by atoms with Crippen LogP contribution in [0.1, 0.15) is 16.8 Å². The van der Waals surface area contributed by atoms with Gasteiger partial charge in [-0.3, -0.25) is 10.3 Å². The van der Waals surface area contributed by atoms with Crippen LogP contribution < -0.4 is 5.32 Å². The summed E-state index contributed by atoms with van der Waals surface area (Å²) in [6.07, 6.45) is 4.64. The largest absolute Gasteiger partial charge is 0.378 e. The Bertz CT molecular complexity index is 1270. The van der Waals surface area contributed by atoms with Gasteiger partial charge >= 0.3 is 6.03 Å². The zero-order valence-electron chi connectivity index (χ0n) is 21.9. The molecule has 1 aliphatic rings. The quantitative estimate of drug-likeness (QED) is 0.757. The van der Waals surface area contributed by atoms with Gasteiger partial charge in [0.2, 0.25) is 0 Å². The van der Waals surface area contributed by atoms with Gasteiger partial charge in [-0.25, -0.2) is 14.8 Å². The molecule has 134 valence electrons. The highest BCUT2D eigenvalue weighted by atomic mass is 16.5. The summed E-state index contributed by atoms with van der Waals surface area (Å²) in [7, 11) is 1.84. The third-order valence-electron chi connectivity index (χ3n) is 3.94. The standard InChI is InChI=1S/C18H20N6O2/c1-12-19-11-16(23(12)2)15-7-13-8-17(21-10-14(13)9-20-15)22-18(25)24-3-5-26-6-4-24/h7-11H,3-6H2,1-2H3,(H,21,22,25)/i3D2,4D2,5D2,6D2. The molecule has 0 aromatic carbocycles. The van der Waals surface area contributed by atoms with Crippen molar-refractivity contribution in [2.75, 3.05) is 31.4 Å². The Labute approximate surface area is 162 Å². The molecule has 1 aliphatic heterocycles. The lowest BCUT2D eigenvalue weighted by Gasteiger charge is -2.26. The van der Waals surface area contributed by atoms with Crippen molar-refractivity contribution in [2.45, 2.75) is 6.92 Å². The Morgan fingerprint density at radius 3 is 2.65 bits per heavy atom. The van der Waals surface area contributed by atoms with Crippen LogP contribution in [-0.2, 0) is 11.8 Å². The highest BCUT2D eigenvalue weighted by molar-refractivity contribution is 5.92. The molecule has 0 bridgehead atoms. The van der Waals surface area contributed by atoms with E-state index in [9.17, 15) is 4.79 Å². The summed E-state index contributed by atoms with van der Waals surface area (Å²) in [5.41, 5.74) is 1.35. The number of anilines is 1. The van der Waals surface area contributed by atoms with Crippen molar-refractivity contribution < 1.29 is 20.5 Å². The topological polar surface area (TPSA) is 85.2 Å². The molecule has 1 saturated heterocycles. The molecule has 0 radical (unpaired) electrons. The number of carbonyl (C=O) groups is 1. The lowest BCUT2D eigenvalue weighted by Crippen LogP contribution is -2.43. The maximum Gasteiger partial charge on any atom is 0.323 e. The molecule has 1 N–H and O–H groups in total. The van der Waals surface area contributed by atoms with Crippen LogP contribution in [0.5, 0.6) is 0 Å². The first-order valence-electron chi connectivity index (χ1n) is 11.6. The number of aromatic nitrogens is 4. The summed E-state index contributed by atoms with van der Waals surface area (Å²) in [4.78, 5) is 25.4. The second-order valence-corrected chi connectivity index (χ2v) is 5.53. The minimum atomic E-state index is -3.35. The third-order valence-corrected chi connectivity index (χ3v) is 3.94. The van der Waals surface area contributed by atoms with E-state index in [0.29, 0.717) is 16.5 Å². The third kappa shape index (κ3) is 3.11. The predicted molar refractivity (Wildman–Crippen MR) is 97.9 cm³/mol. The first-order chi connectivity index (χ1) is 15.6. The summed E-state index contributed by atoms with van der Waals surface area (Å²) < 4.78 is 69.0. The summed E-state index contributed by atoms with van der Waals surface area (Å²) in [6.45, 7) is -11.5. The minimum Gasteiger partial charge on any atom is -0.378 e. The molecular weight excluding hydrogens is 332 g/mol. The van der Waals surface area contributed by atoms with Gasteiger partial charge in [-0.1, -0.05) is 0 Å². The number of hydrogen-bond acceptors (Lipinski definition) is 5. The number of aryl methyl sites for hydroxylation is 1. The number of imidazole rings is 1.